The van der Waals surface area contributed by atoms with Crippen LogP contribution in [0.3, 0.4) is 0 Å². The number of halogens is 1. The Balaban J connectivity index is 2.44. The molecule has 0 aliphatic heterocycles. The van der Waals surface area contributed by atoms with Crippen LogP contribution in [0.25, 0.3) is 0 Å². The molecular formula is C12H18FN3O. The van der Waals surface area contributed by atoms with Gasteiger partial charge in [-0.25, -0.2) is 4.39 Å². The van der Waals surface area contributed by atoms with Gasteiger partial charge in [0.05, 0.1) is 5.69 Å². The smallest absolute Gasteiger partial charge is 0.251 e. The molecule has 5 heteroatoms. The van der Waals surface area contributed by atoms with Crippen LogP contribution in [0.4, 0.5) is 10.1 Å². The highest BCUT2D eigenvalue weighted by Crippen LogP contribution is 2.11. The molecule has 17 heavy (non-hydrogen) atoms. The Kier molecular flexibility index (Phi) is 4.90. The molecule has 0 saturated carbocycles. The minimum Gasteiger partial charge on any atom is -0.396 e. The van der Waals surface area contributed by atoms with Crippen LogP contribution < -0.4 is 11.1 Å². The zero-order valence-corrected chi connectivity index (χ0v) is 10.2. The highest BCUT2D eigenvalue weighted by molar-refractivity contribution is 5.94. The van der Waals surface area contributed by atoms with Gasteiger partial charge in [0.25, 0.3) is 5.91 Å². The fourth-order valence-electron chi connectivity index (χ4n) is 1.37. The van der Waals surface area contributed by atoms with Crippen molar-refractivity contribution in [2.24, 2.45) is 0 Å². The molecule has 0 aromatic heterocycles. The number of nitrogen functional groups attached to an aromatic ring is 1. The van der Waals surface area contributed by atoms with Crippen molar-refractivity contribution < 1.29 is 9.18 Å². The van der Waals surface area contributed by atoms with Crippen molar-refractivity contribution in [1.29, 1.82) is 0 Å². The lowest BCUT2D eigenvalue weighted by Crippen LogP contribution is -2.27. The zero-order chi connectivity index (χ0) is 12.8. The molecule has 0 radical (unpaired) electrons. The fourth-order valence-corrected chi connectivity index (χ4v) is 1.37. The summed E-state index contributed by atoms with van der Waals surface area (Å²) in [6.45, 7) is 1.47. The lowest BCUT2D eigenvalue weighted by molar-refractivity contribution is 0.0952. The van der Waals surface area contributed by atoms with Gasteiger partial charge in [0, 0.05) is 12.1 Å². The predicted molar refractivity (Wildman–Crippen MR) is 66.3 cm³/mol. The Morgan fingerprint density at radius 2 is 2.18 bits per heavy atom. The molecule has 1 rings (SSSR count). The van der Waals surface area contributed by atoms with E-state index in [0.717, 1.165) is 19.0 Å². The number of carbonyl (C=O) groups is 1. The average molecular weight is 239 g/mol. The van der Waals surface area contributed by atoms with E-state index in [1.165, 1.54) is 12.1 Å². The van der Waals surface area contributed by atoms with E-state index in [-0.39, 0.29) is 11.6 Å². The van der Waals surface area contributed by atoms with Gasteiger partial charge in [0.2, 0.25) is 0 Å². The Morgan fingerprint density at radius 3 is 2.76 bits per heavy atom. The number of carbonyl (C=O) groups excluding carboxylic acids is 1. The highest BCUT2D eigenvalue weighted by atomic mass is 19.1. The van der Waals surface area contributed by atoms with Gasteiger partial charge >= 0.3 is 0 Å². The van der Waals surface area contributed by atoms with Crippen molar-refractivity contribution >= 4 is 11.6 Å². The van der Waals surface area contributed by atoms with Gasteiger partial charge in [-0.15, -0.1) is 0 Å². The largest absolute Gasteiger partial charge is 0.396 e. The number of nitrogens with one attached hydrogen (secondary N) is 1. The quantitative estimate of drug-likeness (QED) is 0.597. The highest BCUT2D eigenvalue weighted by Gasteiger charge is 2.07. The summed E-state index contributed by atoms with van der Waals surface area (Å²) in [5.74, 6) is -0.839. The third-order valence-electron chi connectivity index (χ3n) is 2.33. The Bertz CT molecular complexity index is 393. The molecule has 0 atom stereocenters. The molecular weight excluding hydrogens is 221 g/mol. The van der Waals surface area contributed by atoms with E-state index in [1.807, 2.05) is 19.0 Å². The molecule has 0 aliphatic rings. The Labute approximate surface area is 101 Å². The summed E-state index contributed by atoms with van der Waals surface area (Å²) >= 11 is 0. The number of hydrogen-bond acceptors (Lipinski definition) is 3. The van der Waals surface area contributed by atoms with Gasteiger partial charge in [-0.2, -0.15) is 0 Å². The third kappa shape index (κ3) is 4.40. The average Bonchev–Trinajstić information content (AvgIpc) is 2.27. The van der Waals surface area contributed by atoms with Crippen LogP contribution in [0.5, 0.6) is 0 Å². The first kappa shape index (κ1) is 13.4. The zero-order valence-electron chi connectivity index (χ0n) is 10.2. The summed E-state index contributed by atoms with van der Waals surface area (Å²) in [6.07, 6.45) is 0.857. The number of anilines is 1. The maximum absolute atomic E-state index is 13.1. The molecule has 0 aliphatic carbocycles. The molecule has 0 fully saturated rings. The van der Waals surface area contributed by atoms with E-state index >= 15 is 0 Å². The molecule has 0 saturated heterocycles. The minimum absolute atomic E-state index is 0.0501. The molecule has 0 heterocycles. The first-order valence-corrected chi connectivity index (χ1v) is 5.48. The van der Waals surface area contributed by atoms with E-state index in [1.54, 1.807) is 0 Å². The standard InChI is InChI=1S/C12H18FN3O/c1-16(2)7-3-6-15-12(17)9-4-5-11(14)10(13)8-9/h4-5,8H,3,6-7,14H2,1-2H3,(H,15,17). The van der Waals surface area contributed by atoms with Gasteiger partial charge in [0.1, 0.15) is 5.82 Å². The molecule has 0 unspecified atom stereocenters. The van der Waals surface area contributed by atoms with E-state index in [2.05, 4.69) is 5.32 Å². The fraction of sp³-hybridized carbons (Fsp3) is 0.417. The molecule has 3 N–H and O–H groups in total. The molecule has 94 valence electrons. The summed E-state index contributed by atoms with van der Waals surface area (Å²) in [6, 6.07) is 4.06. The van der Waals surface area contributed by atoms with Crippen LogP contribution in [0.15, 0.2) is 18.2 Å². The molecule has 0 bridgehead atoms. The van der Waals surface area contributed by atoms with Gasteiger partial charge in [-0.1, -0.05) is 0 Å². The second kappa shape index (κ2) is 6.20. The molecule has 1 aromatic rings. The van der Waals surface area contributed by atoms with Crippen LogP contribution in [0.1, 0.15) is 16.8 Å². The Hall–Kier alpha value is -1.62. The predicted octanol–water partition coefficient (Wildman–Crippen LogP) is 1.09. The number of amides is 1. The summed E-state index contributed by atoms with van der Waals surface area (Å²) < 4.78 is 13.1. The van der Waals surface area contributed by atoms with Crippen LogP contribution in [-0.4, -0.2) is 38.0 Å². The topological polar surface area (TPSA) is 58.4 Å². The number of nitrogens with zero attached hydrogens (tertiary/aromatic N) is 1. The van der Waals surface area contributed by atoms with E-state index in [9.17, 15) is 9.18 Å². The van der Waals surface area contributed by atoms with Crippen LogP contribution in [0, 0.1) is 5.82 Å². The Morgan fingerprint density at radius 1 is 1.47 bits per heavy atom. The van der Waals surface area contributed by atoms with Crippen LogP contribution in [0.2, 0.25) is 0 Å². The number of benzene rings is 1. The van der Waals surface area contributed by atoms with Crippen molar-refractivity contribution in [3.63, 3.8) is 0 Å². The van der Waals surface area contributed by atoms with E-state index in [0.29, 0.717) is 12.1 Å². The molecule has 1 amide bonds. The van der Waals surface area contributed by atoms with Crippen molar-refractivity contribution in [1.82, 2.24) is 10.2 Å². The van der Waals surface area contributed by atoms with Crippen molar-refractivity contribution in [2.75, 3.05) is 32.9 Å². The maximum Gasteiger partial charge on any atom is 0.251 e. The maximum atomic E-state index is 13.1. The lowest BCUT2D eigenvalue weighted by Gasteiger charge is -2.10. The third-order valence-corrected chi connectivity index (χ3v) is 2.33. The van der Waals surface area contributed by atoms with Gasteiger partial charge in [-0.05, 0) is 45.3 Å². The monoisotopic (exact) mass is 239 g/mol. The molecule has 4 nitrogen and oxygen atoms in total. The summed E-state index contributed by atoms with van der Waals surface area (Å²) in [4.78, 5) is 13.7. The second-order valence-corrected chi connectivity index (χ2v) is 4.15. The van der Waals surface area contributed by atoms with Crippen LogP contribution >= 0.6 is 0 Å². The summed E-state index contributed by atoms with van der Waals surface area (Å²) in [7, 11) is 3.94. The van der Waals surface area contributed by atoms with Crippen LogP contribution in [-0.2, 0) is 0 Å². The summed E-state index contributed by atoms with van der Waals surface area (Å²) in [5.41, 5.74) is 5.67. The number of rotatable bonds is 5. The first-order valence-electron chi connectivity index (χ1n) is 5.48. The minimum atomic E-state index is -0.564. The van der Waals surface area contributed by atoms with E-state index < -0.39 is 5.82 Å². The lowest BCUT2D eigenvalue weighted by atomic mass is 10.2. The molecule has 1 aromatic carbocycles. The van der Waals surface area contributed by atoms with E-state index in [4.69, 9.17) is 5.73 Å². The van der Waals surface area contributed by atoms with Gasteiger partial charge < -0.3 is 16.0 Å². The van der Waals surface area contributed by atoms with Crippen molar-refractivity contribution in [3.05, 3.63) is 29.6 Å². The summed E-state index contributed by atoms with van der Waals surface area (Å²) in [5, 5.41) is 2.73. The SMILES string of the molecule is CN(C)CCCNC(=O)c1ccc(N)c(F)c1. The number of nitrogens with two attached hydrogens (primary N) is 1. The molecule has 0 spiro atoms. The van der Waals surface area contributed by atoms with Gasteiger partial charge in [-0.3, -0.25) is 4.79 Å². The van der Waals surface area contributed by atoms with Crippen molar-refractivity contribution in [3.8, 4) is 0 Å². The van der Waals surface area contributed by atoms with Crippen molar-refractivity contribution in [2.45, 2.75) is 6.42 Å². The normalized spacial score (nSPS) is 10.6. The first-order chi connectivity index (χ1) is 8.00. The number of hydrogen-bond donors (Lipinski definition) is 2. The second-order valence-electron chi connectivity index (χ2n) is 4.15. The van der Waals surface area contributed by atoms with Gasteiger partial charge in [0.15, 0.2) is 0 Å².